The lowest BCUT2D eigenvalue weighted by Gasteiger charge is -2.10. The van der Waals surface area contributed by atoms with Crippen molar-refractivity contribution < 1.29 is 4.79 Å². The van der Waals surface area contributed by atoms with Crippen molar-refractivity contribution in [2.24, 2.45) is 0 Å². The molecular formula is C22H19ClN2O. The second kappa shape index (κ2) is 8.97. The van der Waals surface area contributed by atoms with Gasteiger partial charge in [0.2, 0.25) is 0 Å². The third-order valence-corrected chi connectivity index (χ3v) is 4.16. The van der Waals surface area contributed by atoms with E-state index in [1.54, 1.807) is 18.3 Å². The van der Waals surface area contributed by atoms with Crippen molar-refractivity contribution in [3.05, 3.63) is 101 Å². The highest BCUT2D eigenvalue weighted by Gasteiger charge is 2.12. The molecule has 26 heavy (non-hydrogen) atoms. The lowest BCUT2D eigenvalue weighted by molar-refractivity contribution is -0.115. The highest BCUT2D eigenvalue weighted by molar-refractivity contribution is 6.31. The Bertz CT molecular complexity index is 875. The summed E-state index contributed by atoms with van der Waals surface area (Å²) in [6.07, 6.45) is 4.33. The first-order chi connectivity index (χ1) is 12.7. The fraction of sp³-hybridized carbons (Fsp3) is 0.0909. The molecule has 0 saturated heterocycles. The number of hydrogen-bond donors (Lipinski definition) is 1. The van der Waals surface area contributed by atoms with Crippen LogP contribution in [-0.2, 0) is 11.2 Å². The Kier molecular flexibility index (Phi) is 6.18. The first-order valence-electron chi connectivity index (χ1n) is 8.43. The van der Waals surface area contributed by atoms with Crippen LogP contribution in [0.1, 0.15) is 16.8 Å². The third-order valence-electron chi connectivity index (χ3n) is 3.90. The zero-order chi connectivity index (χ0) is 18.2. The van der Waals surface area contributed by atoms with E-state index in [9.17, 15) is 4.79 Å². The molecule has 1 heterocycles. The Labute approximate surface area is 158 Å². The second-order valence-electron chi connectivity index (χ2n) is 5.80. The van der Waals surface area contributed by atoms with Crippen LogP contribution in [0, 0.1) is 0 Å². The van der Waals surface area contributed by atoms with Crippen LogP contribution in [0.2, 0.25) is 5.02 Å². The van der Waals surface area contributed by atoms with Crippen LogP contribution in [0.15, 0.2) is 79.0 Å². The van der Waals surface area contributed by atoms with Gasteiger partial charge in [-0.2, -0.15) is 0 Å². The quantitative estimate of drug-likeness (QED) is 0.513. The molecule has 0 aliphatic heterocycles. The van der Waals surface area contributed by atoms with E-state index < -0.39 is 0 Å². The second-order valence-corrected chi connectivity index (χ2v) is 6.24. The number of halogens is 1. The predicted molar refractivity (Wildman–Crippen MR) is 107 cm³/mol. The van der Waals surface area contributed by atoms with Crippen LogP contribution in [0.4, 0.5) is 0 Å². The zero-order valence-electron chi connectivity index (χ0n) is 14.2. The number of benzene rings is 2. The largest absolute Gasteiger partial charge is 0.352 e. The van der Waals surface area contributed by atoms with Crippen molar-refractivity contribution in [2.75, 3.05) is 6.54 Å². The molecule has 3 aromatic rings. The minimum absolute atomic E-state index is 0.118. The summed E-state index contributed by atoms with van der Waals surface area (Å²) in [5, 5.41) is 3.63. The fourth-order valence-electron chi connectivity index (χ4n) is 2.57. The number of nitrogens with zero attached hydrogens (tertiary/aromatic N) is 1. The van der Waals surface area contributed by atoms with E-state index in [1.165, 1.54) is 0 Å². The molecular weight excluding hydrogens is 344 g/mol. The fourth-order valence-corrected chi connectivity index (χ4v) is 2.70. The number of rotatable bonds is 6. The smallest absolute Gasteiger partial charge is 0.251 e. The van der Waals surface area contributed by atoms with E-state index in [0.29, 0.717) is 23.6 Å². The first kappa shape index (κ1) is 17.9. The van der Waals surface area contributed by atoms with Crippen LogP contribution in [0.25, 0.3) is 11.6 Å². The summed E-state index contributed by atoms with van der Waals surface area (Å²) < 4.78 is 0. The van der Waals surface area contributed by atoms with Gasteiger partial charge in [0, 0.05) is 35.5 Å². The number of nitrogens with one attached hydrogen (secondary N) is 1. The van der Waals surface area contributed by atoms with Crippen molar-refractivity contribution in [2.45, 2.75) is 6.42 Å². The Balaban J connectivity index is 1.77. The molecule has 2 aromatic carbocycles. The molecule has 1 N–H and O–H groups in total. The summed E-state index contributed by atoms with van der Waals surface area (Å²) in [5.41, 5.74) is 3.35. The highest BCUT2D eigenvalue weighted by Crippen LogP contribution is 2.21. The molecule has 0 unspecified atom stereocenters. The molecule has 4 heteroatoms. The summed E-state index contributed by atoms with van der Waals surface area (Å²) >= 11 is 5.98. The van der Waals surface area contributed by atoms with Crippen molar-refractivity contribution in [3.8, 4) is 0 Å². The minimum atomic E-state index is -0.118. The van der Waals surface area contributed by atoms with Gasteiger partial charge in [0.1, 0.15) is 0 Å². The van der Waals surface area contributed by atoms with Gasteiger partial charge < -0.3 is 5.32 Å². The van der Waals surface area contributed by atoms with Gasteiger partial charge in [0.15, 0.2) is 0 Å². The van der Waals surface area contributed by atoms with E-state index in [1.807, 2.05) is 66.7 Å². The van der Waals surface area contributed by atoms with E-state index in [2.05, 4.69) is 10.3 Å². The molecule has 0 fully saturated rings. The van der Waals surface area contributed by atoms with Gasteiger partial charge >= 0.3 is 0 Å². The number of pyridine rings is 1. The number of carbonyl (C=O) groups excluding carboxylic acids is 1. The molecule has 0 bridgehead atoms. The maximum Gasteiger partial charge on any atom is 0.251 e. The molecule has 3 nitrogen and oxygen atoms in total. The van der Waals surface area contributed by atoms with Gasteiger partial charge in [0.05, 0.1) is 0 Å². The minimum Gasteiger partial charge on any atom is -0.352 e. The molecule has 0 radical (unpaired) electrons. The predicted octanol–water partition coefficient (Wildman–Crippen LogP) is 4.63. The topological polar surface area (TPSA) is 42.0 Å². The molecule has 130 valence electrons. The molecule has 1 amide bonds. The van der Waals surface area contributed by atoms with Crippen LogP contribution >= 0.6 is 11.6 Å². The standard InChI is InChI=1S/C22H19ClN2O/c23-19-11-9-18(10-12-19)21(16-17-6-2-1-3-7-17)22(26)25-15-13-20-8-4-5-14-24-20/h1-12,14,16H,13,15H2,(H,25,26)/b21-16-. The van der Waals surface area contributed by atoms with Gasteiger partial charge in [-0.05, 0) is 41.5 Å². The lowest BCUT2D eigenvalue weighted by Crippen LogP contribution is -2.26. The molecule has 0 spiro atoms. The average molecular weight is 363 g/mol. The van der Waals surface area contributed by atoms with Gasteiger partial charge in [-0.15, -0.1) is 0 Å². The summed E-state index contributed by atoms with van der Waals surface area (Å²) in [6.45, 7) is 0.523. The third kappa shape index (κ3) is 5.04. The summed E-state index contributed by atoms with van der Waals surface area (Å²) in [6, 6.07) is 22.8. The number of aromatic nitrogens is 1. The van der Waals surface area contributed by atoms with Crippen LogP contribution < -0.4 is 5.32 Å². The molecule has 1 aromatic heterocycles. The summed E-state index contributed by atoms with van der Waals surface area (Å²) in [5.74, 6) is -0.118. The van der Waals surface area contributed by atoms with Crippen LogP contribution in [0.3, 0.4) is 0 Å². The first-order valence-corrected chi connectivity index (χ1v) is 8.81. The Morgan fingerprint density at radius 2 is 1.69 bits per heavy atom. The van der Waals surface area contributed by atoms with Gasteiger partial charge in [-0.25, -0.2) is 0 Å². The summed E-state index contributed by atoms with van der Waals surface area (Å²) in [4.78, 5) is 17.1. The monoisotopic (exact) mass is 362 g/mol. The molecule has 3 rings (SSSR count). The summed E-state index contributed by atoms with van der Waals surface area (Å²) in [7, 11) is 0. The Hall–Kier alpha value is -2.91. The molecule has 0 saturated carbocycles. The normalized spacial score (nSPS) is 11.2. The van der Waals surface area contributed by atoms with E-state index >= 15 is 0 Å². The van der Waals surface area contributed by atoms with E-state index in [0.717, 1.165) is 16.8 Å². The van der Waals surface area contributed by atoms with Crippen molar-refractivity contribution >= 4 is 29.2 Å². The van der Waals surface area contributed by atoms with Crippen LogP contribution in [-0.4, -0.2) is 17.4 Å². The Morgan fingerprint density at radius 1 is 0.962 bits per heavy atom. The van der Waals surface area contributed by atoms with Crippen molar-refractivity contribution in [1.29, 1.82) is 0 Å². The van der Waals surface area contributed by atoms with E-state index in [4.69, 9.17) is 11.6 Å². The van der Waals surface area contributed by atoms with Crippen molar-refractivity contribution in [1.82, 2.24) is 10.3 Å². The molecule has 0 aliphatic carbocycles. The average Bonchev–Trinajstić information content (AvgIpc) is 2.68. The van der Waals surface area contributed by atoms with Crippen molar-refractivity contribution in [3.63, 3.8) is 0 Å². The van der Waals surface area contributed by atoms with Gasteiger partial charge in [0.25, 0.3) is 5.91 Å². The number of carbonyl (C=O) groups is 1. The Morgan fingerprint density at radius 3 is 2.38 bits per heavy atom. The SMILES string of the molecule is O=C(NCCc1ccccn1)/C(=C\c1ccccc1)c1ccc(Cl)cc1. The highest BCUT2D eigenvalue weighted by atomic mass is 35.5. The molecule has 0 atom stereocenters. The lowest BCUT2D eigenvalue weighted by atomic mass is 10.0. The van der Waals surface area contributed by atoms with E-state index in [-0.39, 0.29) is 5.91 Å². The van der Waals surface area contributed by atoms with Gasteiger partial charge in [-0.3, -0.25) is 9.78 Å². The maximum atomic E-state index is 12.8. The maximum absolute atomic E-state index is 12.8. The number of hydrogen-bond acceptors (Lipinski definition) is 2. The molecule has 0 aliphatic rings. The van der Waals surface area contributed by atoms with Crippen LogP contribution in [0.5, 0.6) is 0 Å². The zero-order valence-corrected chi connectivity index (χ0v) is 15.0. The van der Waals surface area contributed by atoms with Gasteiger partial charge in [-0.1, -0.05) is 60.1 Å². The number of amides is 1.